The van der Waals surface area contributed by atoms with Crippen molar-refractivity contribution in [2.45, 2.75) is 6.92 Å². The molecule has 0 amide bonds. The lowest BCUT2D eigenvalue weighted by atomic mass is 10.2. The van der Waals surface area contributed by atoms with E-state index in [9.17, 15) is 4.39 Å². The number of nitrogens with one attached hydrogen (secondary N) is 1. The summed E-state index contributed by atoms with van der Waals surface area (Å²) in [6.45, 7) is 1.82. The van der Waals surface area contributed by atoms with Crippen LogP contribution in [0.5, 0.6) is 5.88 Å². The molecule has 0 bridgehead atoms. The molecule has 2 rings (SSSR count). The average molecular weight is 247 g/mol. The fourth-order valence-electron chi connectivity index (χ4n) is 1.61. The molecule has 0 aliphatic heterocycles. The number of benzene rings is 1. The van der Waals surface area contributed by atoms with Crippen LogP contribution in [0.3, 0.4) is 0 Å². The number of anilines is 3. The molecule has 0 aliphatic rings. The van der Waals surface area contributed by atoms with E-state index < -0.39 is 0 Å². The van der Waals surface area contributed by atoms with Crippen LogP contribution in [0, 0.1) is 12.7 Å². The van der Waals surface area contributed by atoms with Gasteiger partial charge in [-0.2, -0.15) is 4.98 Å². The third-order valence-electron chi connectivity index (χ3n) is 2.41. The fourth-order valence-corrected chi connectivity index (χ4v) is 1.61. The third-order valence-corrected chi connectivity index (χ3v) is 2.41. The molecule has 0 unspecified atom stereocenters. The van der Waals surface area contributed by atoms with Crippen LogP contribution in [-0.4, -0.2) is 12.1 Å². The second kappa shape index (κ2) is 4.91. The number of aromatic nitrogens is 1. The predicted molar refractivity (Wildman–Crippen MR) is 69.6 cm³/mol. The first-order valence-corrected chi connectivity index (χ1v) is 5.43. The summed E-state index contributed by atoms with van der Waals surface area (Å²) >= 11 is 0. The molecule has 94 valence electrons. The molecule has 0 atom stereocenters. The molecule has 3 N–H and O–H groups in total. The first-order chi connectivity index (χ1) is 8.58. The SMILES string of the molecule is COc1ccc(N)c(Nc2cc(C)cc(F)c2)n1. The maximum Gasteiger partial charge on any atom is 0.215 e. The average Bonchev–Trinajstić information content (AvgIpc) is 2.30. The van der Waals surface area contributed by atoms with Crippen molar-refractivity contribution in [1.29, 1.82) is 0 Å². The summed E-state index contributed by atoms with van der Waals surface area (Å²) in [5.74, 6) is 0.582. The van der Waals surface area contributed by atoms with Crippen molar-refractivity contribution in [2.24, 2.45) is 0 Å². The number of aryl methyl sites for hydroxylation is 1. The van der Waals surface area contributed by atoms with Gasteiger partial charge in [0.1, 0.15) is 5.82 Å². The monoisotopic (exact) mass is 247 g/mol. The Balaban J connectivity index is 2.33. The van der Waals surface area contributed by atoms with Gasteiger partial charge in [0, 0.05) is 11.8 Å². The highest BCUT2D eigenvalue weighted by Gasteiger charge is 2.05. The lowest BCUT2D eigenvalue weighted by Crippen LogP contribution is -2.01. The van der Waals surface area contributed by atoms with Crippen molar-refractivity contribution in [3.8, 4) is 5.88 Å². The number of nitrogens with two attached hydrogens (primary N) is 1. The van der Waals surface area contributed by atoms with Crippen LogP contribution in [-0.2, 0) is 0 Å². The van der Waals surface area contributed by atoms with Crippen LogP contribution >= 0.6 is 0 Å². The zero-order chi connectivity index (χ0) is 13.1. The molecule has 0 radical (unpaired) electrons. The highest BCUT2D eigenvalue weighted by atomic mass is 19.1. The molecular weight excluding hydrogens is 233 g/mol. The summed E-state index contributed by atoms with van der Waals surface area (Å²) in [5, 5.41) is 2.97. The maximum atomic E-state index is 13.3. The number of pyridine rings is 1. The number of nitrogen functional groups attached to an aromatic ring is 1. The van der Waals surface area contributed by atoms with E-state index >= 15 is 0 Å². The molecule has 1 aromatic heterocycles. The minimum Gasteiger partial charge on any atom is -0.481 e. The molecule has 4 nitrogen and oxygen atoms in total. The molecular formula is C13H14FN3O. The smallest absolute Gasteiger partial charge is 0.215 e. The van der Waals surface area contributed by atoms with Gasteiger partial charge in [-0.1, -0.05) is 0 Å². The van der Waals surface area contributed by atoms with E-state index in [1.54, 1.807) is 12.1 Å². The van der Waals surface area contributed by atoms with Gasteiger partial charge in [0.25, 0.3) is 0 Å². The second-order valence-electron chi connectivity index (χ2n) is 3.93. The number of hydrogen-bond donors (Lipinski definition) is 2. The molecule has 0 aliphatic carbocycles. The van der Waals surface area contributed by atoms with Gasteiger partial charge in [0.05, 0.1) is 12.8 Å². The Morgan fingerprint density at radius 1 is 1.28 bits per heavy atom. The van der Waals surface area contributed by atoms with Gasteiger partial charge >= 0.3 is 0 Å². The summed E-state index contributed by atoms with van der Waals surface area (Å²) in [6.07, 6.45) is 0. The Morgan fingerprint density at radius 3 is 2.72 bits per heavy atom. The fraction of sp³-hybridized carbons (Fsp3) is 0.154. The Kier molecular flexibility index (Phi) is 3.32. The Morgan fingerprint density at radius 2 is 2.06 bits per heavy atom. The molecule has 5 heteroatoms. The van der Waals surface area contributed by atoms with Crippen molar-refractivity contribution in [3.05, 3.63) is 41.7 Å². The predicted octanol–water partition coefficient (Wildman–Crippen LogP) is 2.86. The van der Waals surface area contributed by atoms with Gasteiger partial charge in [-0.15, -0.1) is 0 Å². The normalized spacial score (nSPS) is 10.2. The van der Waals surface area contributed by atoms with Crippen LogP contribution in [0.1, 0.15) is 5.56 Å². The van der Waals surface area contributed by atoms with E-state index in [0.29, 0.717) is 23.1 Å². The van der Waals surface area contributed by atoms with Crippen molar-refractivity contribution < 1.29 is 9.13 Å². The lowest BCUT2D eigenvalue weighted by Gasteiger charge is -2.10. The number of halogens is 1. The number of rotatable bonds is 3. The van der Waals surface area contributed by atoms with Gasteiger partial charge in [-0.05, 0) is 36.8 Å². The Hall–Kier alpha value is -2.30. The van der Waals surface area contributed by atoms with Gasteiger partial charge in [0.15, 0.2) is 5.82 Å². The number of methoxy groups -OCH3 is 1. The van der Waals surface area contributed by atoms with Gasteiger partial charge in [-0.3, -0.25) is 0 Å². The zero-order valence-electron chi connectivity index (χ0n) is 10.2. The van der Waals surface area contributed by atoms with Crippen molar-refractivity contribution in [3.63, 3.8) is 0 Å². The molecule has 1 aromatic carbocycles. The first kappa shape index (κ1) is 12.2. The summed E-state index contributed by atoms with van der Waals surface area (Å²) in [4.78, 5) is 4.16. The topological polar surface area (TPSA) is 60.2 Å². The van der Waals surface area contributed by atoms with E-state index in [1.165, 1.54) is 19.2 Å². The third kappa shape index (κ3) is 2.68. The number of nitrogens with zero attached hydrogens (tertiary/aromatic N) is 1. The van der Waals surface area contributed by atoms with Crippen molar-refractivity contribution in [2.75, 3.05) is 18.2 Å². The van der Waals surface area contributed by atoms with Crippen LogP contribution < -0.4 is 15.8 Å². The summed E-state index contributed by atoms with van der Waals surface area (Å²) in [5.41, 5.74) is 7.68. The van der Waals surface area contributed by atoms with Crippen LogP contribution in [0.15, 0.2) is 30.3 Å². The Bertz CT molecular complexity index is 552. The van der Waals surface area contributed by atoms with Crippen molar-refractivity contribution in [1.82, 2.24) is 4.98 Å². The largest absolute Gasteiger partial charge is 0.481 e. The number of ether oxygens (including phenoxy) is 1. The summed E-state index contributed by atoms with van der Waals surface area (Å²) < 4.78 is 18.3. The lowest BCUT2D eigenvalue weighted by molar-refractivity contribution is 0.398. The molecule has 18 heavy (non-hydrogen) atoms. The van der Waals surface area contributed by atoms with Gasteiger partial charge in [0.2, 0.25) is 5.88 Å². The van der Waals surface area contributed by atoms with Crippen LogP contribution in [0.4, 0.5) is 21.6 Å². The first-order valence-electron chi connectivity index (χ1n) is 5.43. The van der Waals surface area contributed by atoms with Gasteiger partial charge in [-0.25, -0.2) is 4.39 Å². The van der Waals surface area contributed by atoms with Crippen molar-refractivity contribution >= 4 is 17.2 Å². The summed E-state index contributed by atoms with van der Waals surface area (Å²) in [6, 6.07) is 7.99. The quantitative estimate of drug-likeness (QED) is 0.875. The molecule has 2 aromatic rings. The minimum atomic E-state index is -0.307. The van der Waals surface area contributed by atoms with E-state index in [2.05, 4.69) is 10.3 Å². The molecule has 0 saturated heterocycles. The summed E-state index contributed by atoms with van der Waals surface area (Å²) in [7, 11) is 1.52. The van der Waals surface area contributed by atoms with Gasteiger partial charge < -0.3 is 15.8 Å². The minimum absolute atomic E-state index is 0.307. The van der Waals surface area contributed by atoms with E-state index in [0.717, 1.165) is 5.56 Å². The molecule has 0 fully saturated rings. The molecule has 1 heterocycles. The van der Waals surface area contributed by atoms with E-state index in [-0.39, 0.29) is 5.82 Å². The van der Waals surface area contributed by atoms with E-state index in [1.807, 2.05) is 13.0 Å². The zero-order valence-corrected chi connectivity index (χ0v) is 10.2. The standard InChI is InChI=1S/C13H14FN3O/c1-8-5-9(14)7-10(6-8)16-13-11(15)3-4-12(17-13)18-2/h3-7H,15H2,1-2H3,(H,16,17). The molecule has 0 saturated carbocycles. The van der Waals surface area contributed by atoms with Crippen LogP contribution in [0.2, 0.25) is 0 Å². The van der Waals surface area contributed by atoms with Crippen LogP contribution in [0.25, 0.3) is 0 Å². The second-order valence-corrected chi connectivity index (χ2v) is 3.93. The molecule has 0 spiro atoms. The highest BCUT2D eigenvalue weighted by molar-refractivity contribution is 5.69. The number of hydrogen-bond acceptors (Lipinski definition) is 4. The highest BCUT2D eigenvalue weighted by Crippen LogP contribution is 2.24. The Labute approximate surface area is 105 Å². The maximum absolute atomic E-state index is 13.3. The van der Waals surface area contributed by atoms with E-state index in [4.69, 9.17) is 10.5 Å².